The van der Waals surface area contributed by atoms with Crippen molar-refractivity contribution in [2.24, 2.45) is 0 Å². The van der Waals surface area contributed by atoms with E-state index in [0.29, 0.717) is 12.4 Å². The maximum atomic E-state index is 9.21. The second-order valence-electron chi connectivity index (χ2n) is 3.82. The maximum absolute atomic E-state index is 9.21. The molecule has 94 valence electrons. The van der Waals surface area contributed by atoms with Gasteiger partial charge in [0, 0.05) is 24.4 Å². The molecule has 0 bridgehead atoms. The second-order valence-corrected chi connectivity index (χ2v) is 3.82. The molecule has 1 aromatic heterocycles. The highest BCUT2D eigenvalue weighted by Gasteiger charge is 2.05. The minimum atomic E-state index is -0.0257. The first-order valence-electron chi connectivity index (χ1n) is 5.78. The van der Waals surface area contributed by atoms with E-state index in [9.17, 15) is 5.11 Å². The van der Waals surface area contributed by atoms with Crippen LogP contribution in [0.4, 0.5) is 5.82 Å². The summed E-state index contributed by atoms with van der Waals surface area (Å²) in [6.07, 6.45) is 1.73. The third kappa shape index (κ3) is 2.78. The largest absolute Gasteiger partial charge is 0.488 e. The van der Waals surface area contributed by atoms with Crippen LogP contribution in [0.3, 0.4) is 0 Å². The summed E-state index contributed by atoms with van der Waals surface area (Å²) in [6.45, 7) is 0.392. The van der Waals surface area contributed by atoms with Crippen LogP contribution in [0.5, 0.6) is 5.75 Å². The molecule has 4 heteroatoms. The highest BCUT2D eigenvalue weighted by atomic mass is 16.5. The van der Waals surface area contributed by atoms with Crippen LogP contribution in [0.1, 0.15) is 11.1 Å². The van der Waals surface area contributed by atoms with Crippen molar-refractivity contribution in [3.63, 3.8) is 0 Å². The monoisotopic (exact) mass is 244 g/mol. The first-order valence-corrected chi connectivity index (χ1v) is 5.78. The molecule has 0 saturated heterocycles. The highest BCUT2D eigenvalue weighted by Crippen LogP contribution is 2.20. The van der Waals surface area contributed by atoms with Crippen molar-refractivity contribution in [1.82, 2.24) is 4.98 Å². The first-order chi connectivity index (χ1) is 8.85. The molecule has 18 heavy (non-hydrogen) atoms. The number of para-hydroxylation sites is 1. The van der Waals surface area contributed by atoms with Gasteiger partial charge >= 0.3 is 0 Å². The lowest BCUT2D eigenvalue weighted by Gasteiger charge is -2.11. The van der Waals surface area contributed by atoms with Crippen LogP contribution in [-0.2, 0) is 13.2 Å². The Morgan fingerprint density at radius 3 is 2.72 bits per heavy atom. The summed E-state index contributed by atoms with van der Waals surface area (Å²) in [4.78, 5) is 4.21. The van der Waals surface area contributed by atoms with Gasteiger partial charge in [0.25, 0.3) is 0 Å². The van der Waals surface area contributed by atoms with Gasteiger partial charge in [0.15, 0.2) is 0 Å². The van der Waals surface area contributed by atoms with Crippen molar-refractivity contribution >= 4 is 5.82 Å². The molecule has 1 aromatic carbocycles. The Hall–Kier alpha value is -2.07. The number of ether oxygens (including phenoxy) is 1. The zero-order valence-electron chi connectivity index (χ0n) is 10.3. The second kappa shape index (κ2) is 6.02. The number of pyridine rings is 1. The molecule has 0 aliphatic carbocycles. The predicted octanol–water partition coefficient (Wildman–Crippen LogP) is 2.19. The standard InChI is InChI=1S/C14H16N2O2/c1-15-14-12(6-4-8-16-14)10-18-13-7-3-2-5-11(13)9-17/h2-8,17H,9-10H2,1H3,(H,15,16). The molecule has 0 aliphatic heterocycles. The predicted molar refractivity (Wildman–Crippen MR) is 70.5 cm³/mol. The van der Waals surface area contributed by atoms with Crippen LogP contribution in [-0.4, -0.2) is 17.1 Å². The molecular weight excluding hydrogens is 228 g/mol. The van der Waals surface area contributed by atoms with Gasteiger partial charge in [-0.1, -0.05) is 24.3 Å². The summed E-state index contributed by atoms with van der Waals surface area (Å²) in [5, 5.41) is 12.2. The lowest BCUT2D eigenvalue weighted by atomic mass is 10.2. The Kier molecular flexibility index (Phi) is 4.15. The van der Waals surface area contributed by atoms with E-state index >= 15 is 0 Å². The van der Waals surface area contributed by atoms with Crippen LogP contribution < -0.4 is 10.1 Å². The molecule has 1 heterocycles. The van der Waals surface area contributed by atoms with Gasteiger partial charge in [0.2, 0.25) is 0 Å². The molecule has 4 nitrogen and oxygen atoms in total. The van der Waals surface area contributed by atoms with E-state index in [-0.39, 0.29) is 6.61 Å². The van der Waals surface area contributed by atoms with E-state index in [1.54, 1.807) is 6.20 Å². The van der Waals surface area contributed by atoms with E-state index in [2.05, 4.69) is 10.3 Å². The van der Waals surface area contributed by atoms with Gasteiger partial charge in [-0.2, -0.15) is 0 Å². The molecule has 0 radical (unpaired) electrons. The molecule has 2 aromatic rings. The van der Waals surface area contributed by atoms with Gasteiger partial charge in [-0.05, 0) is 12.1 Å². The van der Waals surface area contributed by atoms with Crippen molar-refractivity contribution in [2.75, 3.05) is 12.4 Å². The number of rotatable bonds is 5. The fourth-order valence-corrected chi connectivity index (χ4v) is 1.71. The fourth-order valence-electron chi connectivity index (χ4n) is 1.71. The van der Waals surface area contributed by atoms with Crippen molar-refractivity contribution in [2.45, 2.75) is 13.2 Å². The van der Waals surface area contributed by atoms with E-state index in [0.717, 1.165) is 16.9 Å². The topological polar surface area (TPSA) is 54.4 Å². The molecule has 2 N–H and O–H groups in total. The van der Waals surface area contributed by atoms with Crippen LogP contribution in [0.2, 0.25) is 0 Å². The van der Waals surface area contributed by atoms with Gasteiger partial charge in [0.1, 0.15) is 18.2 Å². The lowest BCUT2D eigenvalue weighted by molar-refractivity contribution is 0.259. The lowest BCUT2D eigenvalue weighted by Crippen LogP contribution is -2.03. The van der Waals surface area contributed by atoms with Crippen LogP contribution in [0.25, 0.3) is 0 Å². The van der Waals surface area contributed by atoms with E-state index in [1.165, 1.54) is 0 Å². The SMILES string of the molecule is CNc1ncccc1COc1ccccc1CO. The van der Waals surface area contributed by atoms with Crippen molar-refractivity contribution in [3.8, 4) is 5.75 Å². The van der Waals surface area contributed by atoms with Crippen molar-refractivity contribution in [1.29, 1.82) is 0 Å². The minimum Gasteiger partial charge on any atom is -0.488 e. The normalized spacial score (nSPS) is 10.1. The Morgan fingerprint density at radius 1 is 1.17 bits per heavy atom. The van der Waals surface area contributed by atoms with E-state index < -0.39 is 0 Å². The van der Waals surface area contributed by atoms with Crippen LogP contribution in [0.15, 0.2) is 42.6 Å². The quantitative estimate of drug-likeness (QED) is 0.846. The zero-order valence-corrected chi connectivity index (χ0v) is 10.3. The molecule has 0 saturated carbocycles. The molecule has 0 amide bonds. The zero-order chi connectivity index (χ0) is 12.8. The van der Waals surface area contributed by atoms with Crippen molar-refractivity contribution in [3.05, 3.63) is 53.7 Å². The van der Waals surface area contributed by atoms with Crippen LogP contribution in [0, 0.1) is 0 Å². The van der Waals surface area contributed by atoms with Gasteiger partial charge in [-0.15, -0.1) is 0 Å². The Morgan fingerprint density at radius 2 is 1.94 bits per heavy atom. The summed E-state index contributed by atoms with van der Waals surface area (Å²) < 4.78 is 5.72. The molecule has 0 atom stereocenters. The molecular formula is C14H16N2O2. The smallest absolute Gasteiger partial charge is 0.132 e. The van der Waals surface area contributed by atoms with E-state index in [1.807, 2.05) is 43.4 Å². The van der Waals surface area contributed by atoms with Gasteiger partial charge in [0.05, 0.1) is 6.61 Å². The Balaban J connectivity index is 2.11. The number of anilines is 1. The molecule has 2 rings (SSSR count). The van der Waals surface area contributed by atoms with Crippen LogP contribution >= 0.6 is 0 Å². The number of nitrogens with one attached hydrogen (secondary N) is 1. The summed E-state index contributed by atoms with van der Waals surface area (Å²) in [7, 11) is 1.83. The maximum Gasteiger partial charge on any atom is 0.132 e. The van der Waals surface area contributed by atoms with Gasteiger partial charge in [-0.25, -0.2) is 4.98 Å². The molecule has 0 spiro atoms. The number of hydrogen-bond acceptors (Lipinski definition) is 4. The molecule has 0 fully saturated rings. The Bertz CT molecular complexity index is 467. The minimum absolute atomic E-state index is 0.0257. The molecule has 0 aliphatic rings. The van der Waals surface area contributed by atoms with Crippen molar-refractivity contribution < 1.29 is 9.84 Å². The fraction of sp³-hybridized carbons (Fsp3) is 0.214. The number of aliphatic hydroxyl groups is 1. The van der Waals surface area contributed by atoms with E-state index in [4.69, 9.17) is 4.74 Å². The average molecular weight is 244 g/mol. The number of benzene rings is 1. The Labute approximate surface area is 106 Å². The summed E-state index contributed by atoms with van der Waals surface area (Å²) in [5.74, 6) is 1.50. The first kappa shape index (κ1) is 12.4. The van der Waals surface area contributed by atoms with Gasteiger partial charge < -0.3 is 15.2 Å². The third-order valence-electron chi connectivity index (χ3n) is 2.65. The number of hydrogen-bond donors (Lipinski definition) is 2. The average Bonchev–Trinajstić information content (AvgIpc) is 2.45. The highest BCUT2D eigenvalue weighted by molar-refractivity contribution is 5.43. The third-order valence-corrected chi connectivity index (χ3v) is 2.65. The summed E-state index contributed by atoms with van der Waals surface area (Å²) in [6, 6.07) is 11.3. The number of aromatic nitrogens is 1. The molecule has 0 unspecified atom stereocenters. The van der Waals surface area contributed by atoms with Gasteiger partial charge in [-0.3, -0.25) is 0 Å². The summed E-state index contributed by atoms with van der Waals surface area (Å²) in [5.41, 5.74) is 1.76. The summed E-state index contributed by atoms with van der Waals surface area (Å²) >= 11 is 0. The number of aliphatic hydroxyl groups excluding tert-OH is 1. The number of nitrogens with zero attached hydrogens (tertiary/aromatic N) is 1.